The first-order valence-electron chi connectivity index (χ1n) is 10.8. The lowest BCUT2D eigenvalue weighted by molar-refractivity contribution is -0.139. The Bertz CT molecular complexity index is 1060. The van der Waals surface area contributed by atoms with Gasteiger partial charge in [-0.05, 0) is 81.4 Å². The maximum absolute atomic E-state index is 13.1. The van der Waals surface area contributed by atoms with E-state index in [1.54, 1.807) is 35.2 Å². The summed E-state index contributed by atoms with van der Waals surface area (Å²) in [5.74, 6) is -0.620. The van der Waals surface area contributed by atoms with Crippen LogP contribution in [0.4, 0.5) is 0 Å². The van der Waals surface area contributed by atoms with Crippen LogP contribution in [0.5, 0.6) is 5.75 Å². The van der Waals surface area contributed by atoms with Crippen molar-refractivity contribution in [1.29, 1.82) is 0 Å². The smallest absolute Gasteiger partial charge is 0.295 e. The highest BCUT2D eigenvalue weighted by atomic mass is 35.5. The van der Waals surface area contributed by atoms with Crippen LogP contribution in [0, 0.1) is 0 Å². The van der Waals surface area contributed by atoms with E-state index in [1.165, 1.54) is 0 Å². The normalized spacial score (nSPS) is 19.9. The van der Waals surface area contributed by atoms with Gasteiger partial charge in [0.2, 0.25) is 0 Å². The van der Waals surface area contributed by atoms with Gasteiger partial charge in [-0.3, -0.25) is 9.59 Å². The van der Waals surface area contributed by atoms with Crippen molar-refractivity contribution in [3.8, 4) is 5.75 Å². The molecule has 2 aromatic rings. The van der Waals surface area contributed by atoms with Gasteiger partial charge in [0.15, 0.2) is 0 Å². The van der Waals surface area contributed by atoms with Crippen molar-refractivity contribution >= 4 is 29.1 Å². The summed E-state index contributed by atoms with van der Waals surface area (Å²) in [6.45, 7) is 1.86. The molecule has 1 saturated heterocycles. The molecule has 0 radical (unpaired) electrons. The minimum absolute atomic E-state index is 0.110. The molecule has 1 N–H and O–H groups in total. The van der Waals surface area contributed by atoms with Gasteiger partial charge in [-0.2, -0.15) is 0 Å². The molecular weight excluding hydrogens is 428 g/mol. The van der Waals surface area contributed by atoms with E-state index in [0.29, 0.717) is 30.2 Å². The number of ketones is 1. The number of nitrogens with zero attached hydrogens (tertiary/aromatic N) is 2. The molecule has 1 amide bonds. The zero-order valence-corrected chi connectivity index (χ0v) is 19.1. The molecule has 0 saturated carbocycles. The minimum atomic E-state index is -0.665. The Morgan fingerprint density at radius 3 is 2.66 bits per heavy atom. The summed E-state index contributed by atoms with van der Waals surface area (Å²) in [6.07, 6.45) is 2.45. The third kappa shape index (κ3) is 4.38. The zero-order chi connectivity index (χ0) is 22.8. The fourth-order valence-electron chi connectivity index (χ4n) is 4.32. The lowest BCUT2D eigenvalue weighted by atomic mass is 9.94. The Labute approximate surface area is 193 Å². The van der Waals surface area contributed by atoms with E-state index in [-0.39, 0.29) is 11.3 Å². The van der Waals surface area contributed by atoms with Gasteiger partial charge in [-0.25, -0.2) is 0 Å². The molecule has 7 heteroatoms. The monoisotopic (exact) mass is 454 g/mol. The molecular formula is C25H27ClN2O4. The Balaban J connectivity index is 1.77. The molecule has 2 heterocycles. The van der Waals surface area contributed by atoms with Crippen molar-refractivity contribution in [2.75, 3.05) is 33.8 Å². The SMILES string of the molecule is CN(C)CCCN1C(=O)C(=O)/C(=C(\O)c2ccc3c(c2)CCCO3)C1c1ccc(Cl)cc1. The van der Waals surface area contributed by atoms with Crippen LogP contribution in [0.1, 0.15) is 35.6 Å². The van der Waals surface area contributed by atoms with E-state index in [2.05, 4.69) is 0 Å². The molecule has 32 heavy (non-hydrogen) atoms. The summed E-state index contributed by atoms with van der Waals surface area (Å²) in [4.78, 5) is 29.7. The molecule has 4 rings (SSSR count). The second-order valence-corrected chi connectivity index (χ2v) is 8.91. The van der Waals surface area contributed by atoms with E-state index in [1.807, 2.05) is 31.1 Å². The second kappa shape index (κ2) is 9.35. The van der Waals surface area contributed by atoms with E-state index in [9.17, 15) is 14.7 Å². The number of aliphatic hydroxyl groups is 1. The maximum Gasteiger partial charge on any atom is 0.295 e. The van der Waals surface area contributed by atoms with Crippen molar-refractivity contribution < 1.29 is 19.4 Å². The van der Waals surface area contributed by atoms with Crippen LogP contribution < -0.4 is 4.74 Å². The summed E-state index contributed by atoms with van der Waals surface area (Å²) in [6, 6.07) is 11.8. The van der Waals surface area contributed by atoms with Crippen LogP contribution in [0.15, 0.2) is 48.0 Å². The average molecular weight is 455 g/mol. The number of aryl methyl sites for hydroxylation is 1. The van der Waals surface area contributed by atoms with Crippen LogP contribution in [-0.4, -0.2) is 60.4 Å². The number of fused-ring (bicyclic) bond motifs is 1. The molecule has 0 spiro atoms. The fourth-order valence-corrected chi connectivity index (χ4v) is 4.45. The van der Waals surface area contributed by atoms with Gasteiger partial charge in [0.05, 0.1) is 18.2 Å². The second-order valence-electron chi connectivity index (χ2n) is 8.48. The van der Waals surface area contributed by atoms with Gasteiger partial charge in [-0.1, -0.05) is 23.7 Å². The third-order valence-electron chi connectivity index (χ3n) is 5.91. The summed E-state index contributed by atoms with van der Waals surface area (Å²) in [7, 11) is 3.93. The standard InChI is InChI=1S/C25H27ClN2O4/c1-27(2)12-4-13-28-22(16-6-9-19(26)10-7-16)21(24(30)25(28)31)23(29)18-8-11-20-17(15-18)5-3-14-32-20/h6-11,15,22,29H,3-5,12-14H2,1-2H3/b23-21-. The lowest BCUT2D eigenvalue weighted by Gasteiger charge is -2.26. The van der Waals surface area contributed by atoms with Crippen LogP contribution in [0.3, 0.4) is 0 Å². The highest BCUT2D eigenvalue weighted by Crippen LogP contribution is 2.40. The molecule has 6 nitrogen and oxygen atoms in total. The van der Waals surface area contributed by atoms with E-state index >= 15 is 0 Å². The van der Waals surface area contributed by atoms with E-state index in [0.717, 1.165) is 36.3 Å². The van der Waals surface area contributed by atoms with Crippen molar-refractivity contribution in [3.05, 3.63) is 69.8 Å². The van der Waals surface area contributed by atoms with Gasteiger partial charge in [-0.15, -0.1) is 0 Å². The van der Waals surface area contributed by atoms with Crippen molar-refractivity contribution in [2.45, 2.75) is 25.3 Å². The van der Waals surface area contributed by atoms with E-state index in [4.69, 9.17) is 16.3 Å². The summed E-state index contributed by atoms with van der Waals surface area (Å²) < 4.78 is 5.66. The van der Waals surface area contributed by atoms with Crippen LogP contribution in [0.2, 0.25) is 5.02 Å². The first-order valence-corrected chi connectivity index (χ1v) is 11.2. The Kier molecular flexibility index (Phi) is 6.53. The Hall–Kier alpha value is -2.83. The summed E-state index contributed by atoms with van der Waals surface area (Å²) in [5, 5.41) is 11.8. The van der Waals surface area contributed by atoms with Gasteiger partial charge < -0.3 is 19.6 Å². The Morgan fingerprint density at radius 1 is 1.19 bits per heavy atom. The maximum atomic E-state index is 13.1. The number of hydrogen-bond acceptors (Lipinski definition) is 5. The number of carbonyl (C=O) groups is 2. The number of ether oxygens (including phenoxy) is 1. The van der Waals surface area contributed by atoms with Gasteiger partial charge >= 0.3 is 0 Å². The highest BCUT2D eigenvalue weighted by Gasteiger charge is 2.45. The van der Waals surface area contributed by atoms with Gasteiger partial charge in [0.25, 0.3) is 11.7 Å². The fraction of sp³-hybridized carbons (Fsp3) is 0.360. The number of amides is 1. The molecule has 2 aromatic carbocycles. The molecule has 168 valence electrons. The third-order valence-corrected chi connectivity index (χ3v) is 6.16. The first kappa shape index (κ1) is 22.4. The number of hydrogen-bond donors (Lipinski definition) is 1. The molecule has 0 aromatic heterocycles. The minimum Gasteiger partial charge on any atom is -0.507 e. The number of Topliss-reactive ketones (excluding diaryl/α,β-unsaturated/α-hetero) is 1. The molecule has 2 aliphatic rings. The number of rotatable bonds is 6. The lowest BCUT2D eigenvalue weighted by Crippen LogP contribution is -2.32. The molecule has 1 fully saturated rings. The van der Waals surface area contributed by atoms with Crippen molar-refractivity contribution in [1.82, 2.24) is 9.80 Å². The predicted molar refractivity (Wildman–Crippen MR) is 124 cm³/mol. The summed E-state index contributed by atoms with van der Waals surface area (Å²) >= 11 is 6.07. The van der Waals surface area contributed by atoms with Crippen LogP contribution >= 0.6 is 11.6 Å². The molecule has 2 aliphatic heterocycles. The zero-order valence-electron chi connectivity index (χ0n) is 18.3. The molecule has 0 bridgehead atoms. The highest BCUT2D eigenvalue weighted by molar-refractivity contribution is 6.46. The molecule has 0 aliphatic carbocycles. The topological polar surface area (TPSA) is 70.1 Å². The summed E-state index contributed by atoms with van der Waals surface area (Å²) in [5.41, 5.74) is 2.35. The van der Waals surface area contributed by atoms with Crippen LogP contribution in [-0.2, 0) is 16.0 Å². The molecule has 1 atom stereocenters. The number of benzene rings is 2. The van der Waals surface area contributed by atoms with Gasteiger partial charge in [0, 0.05) is 17.1 Å². The van der Waals surface area contributed by atoms with Gasteiger partial charge in [0.1, 0.15) is 11.5 Å². The number of aliphatic hydroxyl groups excluding tert-OH is 1. The number of halogens is 1. The van der Waals surface area contributed by atoms with Crippen LogP contribution in [0.25, 0.3) is 5.76 Å². The first-order chi connectivity index (χ1) is 15.4. The molecule has 1 unspecified atom stereocenters. The predicted octanol–water partition coefficient (Wildman–Crippen LogP) is 4.04. The number of likely N-dealkylation sites (tertiary alicyclic amines) is 1. The van der Waals surface area contributed by atoms with Crippen molar-refractivity contribution in [3.63, 3.8) is 0 Å². The Morgan fingerprint density at radius 2 is 1.94 bits per heavy atom. The largest absolute Gasteiger partial charge is 0.507 e. The quantitative estimate of drug-likeness (QED) is 0.405. The van der Waals surface area contributed by atoms with Crippen molar-refractivity contribution in [2.24, 2.45) is 0 Å². The van der Waals surface area contributed by atoms with E-state index < -0.39 is 17.7 Å². The number of carbonyl (C=O) groups excluding carboxylic acids is 2. The average Bonchev–Trinajstić information content (AvgIpc) is 3.03.